The van der Waals surface area contributed by atoms with Gasteiger partial charge in [0.25, 0.3) is 0 Å². The van der Waals surface area contributed by atoms with Gasteiger partial charge in [-0.2, -0.15) is 0 Å². The monoisotopic (exact) mass is 230 g/mol. The van der Waals surface area contributed by atoms with Gasteiger partial charge in [0.15, 0.2) is 0 Å². The molecule has 0 atom stereocenters. The van der Waals surface area contributed by atoms with Crippen molar-refractivity contribution in [2.75, 3.05) is 5.32 Å². The molecule has 4 nitrogen and oxygen atoms in total. The molecule has 0 aliphatic rings. The maximum atomic E-state index is 4.18. The second-order valence-electron chi connectivity index (χ2n) is 4.12. The molecule has 0 bridgehead atoms. The molecule has 0 spiro atoms. The Morgan fingerprint density at radius 1 is 1.29 bits per heavy atom. The molecule has 0 saturated heterocycles. The lowest BCUT2D eigenvalue weighted by Crippen LogP contribution is -2.07. The van der Waals surface area contributed by atoms with Gasteiger partial charge in [-0.05, 0) is 25.0 Å². The van der Waals surface area contributed by atoms with Crippen molar-refractivity contribution in [3.8, 4) is 0 Å². The van der Waals surface area contributed by atoms with Crippen LogP contribution in [0, 0.1) is 6.92 Å². The highest BCUT2D eigenvalue weighted by Gasteiger charge is 2.02. The summed E-state index contributed by atoms with van der Waals surface area (Å²) in [6.07, 6.45) is 8.58. The summed E-state index contributed by atoms with van der Waals surface area (Å²) in [7, 11) is 0. The molecule has 2 aromatic heterocycles. The number of aromatic nitrogens is 3. The smallest absolute Gasteiger partial charge is 0.0948 e. The lowest BCUT2D eigenvalue weighted by molar-refractivity contribution is 0.651. The summed E-state index contributed by atoms with van der Waals surface area (Å²) in [5.74, 6) is 0. The van der Waals surface area contributed by atoms with Crippen LogP contribution in [-0.2, 0) is 13.1 Å². The minimum absolute atomic E-state index is 0.784. The Labute approximate surface area is 102 Å². The fourth-order valence-corrected chi connectivity index (χ4v) is 1.77. The van der Waals surface area contributed by atoms with Crippen LogP contribution in [0.1, 0.15) is 24.6 Å². The number of nitrogens with zero attached hydrogens (tertiary/aromatic N) is 3. The van der Waals surface area contributed by atoms with Crippen LogP contribution in [0.4, 0.5) is 5.69 Å². The first kappa shape index (κ1) is 11.6. The molecule has 0 saturated carbocycles. The quantitative estimate of drug-likeness (QED) is 0.858. The Morgan fingerprint density at radius 3 is 2.94 bits per heavy atom. The molecule has 2 aromatic rings. The minimum atomic E-state index is 0.784. The standard InChI is InChI=1S/C13H18N4/c1-3-6-17-10-15-7-12(17)8-16-13-9-14-5-4-11(13)2/h4-5,7,9-10,16H,3,6,8H2,1-2H3. The van der Waals surface area contributed by atoms with Crippen LogP contribution in [-0.4, -0.2) is 14.5 Å². The summed E-state index contributed by atoms with van der Waals surface area (Å²) < 4.78 is 2.18. The van der Waals surface area contributed by atoms with Gasteiger partial charge in [0.1, 0.15) is 0 Å². The van der Waals surface area contributed by atoms with Crippen LogP contribution in [0.5, 0.6) is 0 Å². The van der Waals surface area contributed by atoms with E-state index in [0.717, 1.165) is 25.2 Å². The van der Waals surface area contributed by atoms with E-state index in [4.69, 9.17) is 0 Å². The normalized spacial score (nSPS) is 10.5. The van der Waals surface area contributed by atoms with Gasteiger partial charge in [-0.3, -0.25) is 4.98 Å². The van der Waals surface area contributed by atoms with E-state index in [-0.39, 0.29) is 0 Å². The van der Waals surface area contributed by atoms with Crippen LogP contribution in [0.3, 0.4) is 0 Å². The molecular formula is C13H18N4. The molecule has 4 heteroatoms. The number of aryl methyl sites for hydroxylation is 2. The highest BCUT2D eigenvalue weighted by atomic mass is 15.1. The Balaban J connectivity index is 2.02. The van der Waals surface area contributed by atoms with E-state index in [1.54, 1.807) is 0 Å². The van der Waals surface area contributed by atoms with Crippen molar-refractivity contribution in [2.45, 2.75) is 33.4 Å². The van der Waals surface area contributed by atoms with Gasteiger partial charge in [-0.15, -0.1) is 0 Å². The summed E-state index contributed by atoms with van der Waals surface area (Å²) >= 11 is 0. The van der Waals surface area contributed by atoms with E-state index >= 15 is 0 Å². The lowest BCUT2D eigenvalue weighted by atomic mass is 10.2. The molecule has 0 fully saturated rings. The van der Waals surface area contributed by atoms with Crippen LogP contribution in [0.2, 0.25) is 0 Å². The molecule has 0 amide bonds. The van der Waals surface area contributed by atoms with E-state index in [0.29, 0.717) is 0 Å². The first-order valence-corrected chi connectivity index (χ1v) is 5.94. The fourth-order valence-electron chi connectivity index (χ4n) is 1.77. The average molecular weight is 230 g/mol. The lowest BCUT2D eigenvalue weighted by Gasteiger charge is -2.10. The van der Waals surface area contributed by atoms with Gasteiger partial charge >= 0.3 is 0 Å². The van der Waals surface area contributed by atoms with Crippen molar-refractivity contribution in [1.82, 2.24) is 14.5 Å². The number of hydrogen-bond donors (Lipinski definition) is 1. The maximum absolute atomic E-state index is 4.18. The maximum Gasteiger partial charge on any atom is 0.0948 e. The van der Waals surface area contributed by atoms with Gasteiger partial charge in [0, 0.05) is 18.9 Å². The van der Waals surface area contributed by atoms with E-state index in [1.807, 2.05) is 31.0 Å². The highest BCUT2D eigenvalue weighted by Crippen LogP contribution is 2.13. The Kier molecular flexibility index (Phi) is 3.75. The predicted octanol–water partition coefficient (Wildman–Crippen LogP) is 2.61. The Morgan fingerprint density at radius 2 is 2.18 bits per heavy atom. The first-order chi connectivity index (χ1) is 8.31. The zero-order valence-corrected chi connectivity index (χ0v) is 10.3. The number of imidazole rings is 1. The Hall–Kier alpha value is -1.84. The third kappa shape index (κ3) is 2.84. The molecule has 0 aliphatic heterocycles. The van der Waals surface area contributed by atoms with Gasteiger partial charge in [0.05, 0.1) is 30.5 Å². The van der Waals surface area contributed by atoms with Gasteiger partial charge in [0.2, 0.25) is 0 Å². The van der Waals surface area contributed by atoms with Crippen LogP contribution in [0.15, 0.2) is 31.0 Å². The van der Waals surface area contributed by atoms with Gasteiger partial charge in [-0.25, -0.2) is 4.98 Å². The first-order valence-electron chi connectivity index (χ1n) is 5.94. The number of nitrogens with one attached hydrogen (secondary N) is 1. The molecule has 0 radical (unpaired) electrons. The van der Waals surface area contributed by atoms with E-state index in [1.165, 1.54) is 11.3 Å². The third-order valence-electron chi connectivity index (χ3n) is 2.76. The molecule has 90 valence electrons. The summed E-state index contributed by atoms with van der Waals surface area (Å²) in [5.41, 5.74) is 3.49. The fraction of sp³-hybridized carbons (Fsp3) is 0.385. The number of anilines is 1. The predicted molar refractivity (Wildman–Crippen MR) is 68.8 cm³/mol. The zero-order chi connectivity index (χ0) is 12.1. The topological polar surface area (TPSA) is 42.7 Å². The summed E-state index contributed by atoms with van der Waals surface area (Å²) in [5, 5.41) is 3.39. The van der Waals surface area contributed by atoms with E-state index in [2.05, 4.69) is 33.7 Å². The molecular weight excluding hydrogens is 212 g/mol. The van der Waals surface area contributed by atoms with Crippen molar-refractivity contribution in [1.29, 1.82) is 0 Å². The summed E-state index contributed by atoms with van der Waals surface area (Å²) in [4.78, 5) is 8.30. The summed E-state index contributed by atoms with van der Waals surface area (Å²) in [6.45, 7) is 6.05. The molecule has 17 heavy (non-hydrogen) atoms. The van der Waals surface area contributed by atoms with Crippen LogP contribution < -0.4 is 5.32 Å². The average Bonchev–Trinajstić information content (AvgIpc) is 2.76. The van der Waals surface area contributed by atoms with Gasteiger partial charge < -0.3 is 9.88 Å². The third-order valence-corrected chi connectivity index (χ3v) is 2.76. The summed E-state index contributed by atoms with van der Waals surface area (Å²) in [6, 6.07) is 2.01. The molecule has 2 rings (SSSR count). The van der Waals surface area contributed by atoms with E-state index in [9.17, 15) is 0 Å². The molecule has 0 aliphatic carbocycles. The number of pyridine rings is 1. The molecule has 0 unspecified atom stereocenters. The second-order valence-corrected chi connectivity index (χ2v) is 4.12. The Bertz CT molecular complexity index is 476. The van der Waals surface area contributed by atoms with Crippen LogP contribution in [0.25, 0.3) is 0 Å². The number of hydrogen-bond acceptors (Lipinski definition) is 3. The van der Waals surface area contributed by atoms with Crippen molar-refractivity contribution < 1.29 is 0 Å². The highest BCUT2D eigenvalue weighted by molar-refractivity contribution is 5.47. The van der Waals surface area contributed by atoms with Crippen molar-refractivity contribution >= 4 is 5.69 Å². The SMILES string of the molecule is CCCn1cncc1CNc1cnccc1C. The number of rotatable bonds is 5. The molecule has 0 aromatic carbocycles. The van der Waals surface area contributed by atoms with E-state index < -0.39 is 0 Å². The van der Waals surface area contributed by atoms with Crippen molar-refractivity contribution in [3.63, 3.8) is 0 Å². The molecule has 1 N–H and O–H groups in total. The van der Waals surface area contributed by atoms with Crippen molar-refractivity contribution in [3.05, 3.63) is 42.2 Å². The van der Waals surface area contributed by atoms with Gasteiger partial charge in [-0.1, -0.05) is 6.92 Å². The van der Waals surface area contributed by atoms with Crippen molar-refractivity contribution in [2.24, 2.45) is 0 Å². The second kappa shape index (κ2) is 5.48. The molecule has 2 heterocycles. The zero-order valence-electron chi connectivity index (χ0n) is 10.3. The minimum Gasteiger partial charge on any atom is -0.378 e. The van der Waals surface area contributed by atoms with Crippen LogP contribution >= 0.6 is 0 Å². The largest absolute Gasteiger partial charge is 0.378 e.